The minimum absolute atomic E-state index is 0.863. The smallest absolute Gasteiger partial charge is 0.284 e. The van der Waals surface area contributed by atoms with Crippen molar-refractivity contribution in [2.75, 3.05) is 0 Å². The number of aromatic amines is 2. The number of nitrogens with zero attached hydrogens (tertiary/aromatic N) is 2. The van der Waals surface area contributed by atoms with Gasteiger partial charge in [0, 0.05) is 6.07 Å². The molecule has 0 aliphatic heterocycles. The molecule has 0 fully saturated rings. The van der Waals surface area contributed by atoms with Crippen LogP contribution in [0.3, 0.4) is 0 Å². The van der Waals surface area contributed by atoms with Crippen molar-refractivity contribution in [1.29, 1.82) is 0 Å². The fraction of sp³-hybridized carbons (Fsp3) is 0.0667. The molecular weight excluding hydrogens is 268 g/mol. The average molecular weight is 281 g/mol. The van der Waals surface area contributed by atoms with Crippen molar-refractivity contribution in [1.82, 2.24) is 15.0 Å². The Morgan fingerprint density at radius 2 is 1.95 bits per heavy atom. The molecule has 2 N–H and O–H groups in total. The van der Waals surface area contributed by atoms with Crippen LogP contribution in [-0.4, -0.2) is 15.0 Å². The molecule has 0 saturated heterocycles. The standard InChI is InChI=1S/C15H12N4S/c1-2-6-13-12(5-1)17-15(18-13)20-10-11-9-19-8-4-3-7-14(19)16-11/h1-9H,10H2,(H,17,18)/p+1. The minimum Gasteiger partial charge on any atom is -0.333 e. The lowest BCUT2D eigenvalue weighted by Crippen LogP contribution is -2.16. The summed E-state index contributed by atoms with van der Waals surface area (Å²) < 4.78 is 2.09. The number of pyridine rings is 1. The maximum Gasteiger partial charge on any atom is 0.284 e. The zero-order valence-corrected chi connectivity index (χ0v) is 11.5. The highest BCUT2D eigenvalue weighted by atomic mass is 32.2. The molecule has 0 aliphatic rings. The fourth-order valence-corrected chi connectivity index (χ4v) is 3.04. The van der Waals surface area contributed by atoms with E-state index in [2.05, 4.69) is 31.6 Å². The van der Waals surface area contributed by atoms with Gasteiger partial charge in [0.05, 0.1) is 23.0 Å². The summed E-state index contributed by atoms with van der Waals surface area (Å²) in [7, 11) is 0. The molecule has 0 aliphatic carbocycles. The quantitative estimate of drug-likeness (QED) is 0.448. The van der Waals surface area contributed by atoms with E-state index in [1.807, 2.05) is 42.6 Å². The van der Waals surface area contributed by atoms with Crippen molar-refractivity contribution in [3.05, 3.63) is 60.6 Å². The van der Waals surface area contributed by atoms with Crippen molar-refractivity contribution in [2.45, 2.75) is 10.9 Å². The third-order valence-corrected chi connectivity index (χ3v) is 4.13. The monoisotopic (exact) mass is 281 g/mol. The molecule has 4 rings (SSSR count). The first-order valence-corrected chi connectivity index (χ1v) is 7.42. The van der Waals surface area contributed by atoms with Crippen LogP contribution in [0, 0.1) is 0 Å². The SMILES string of the molecule is c1ccc2[nH]c(SCc3c[n+]4ccccc4[nH]3)nc2c1. The van der Waals surface area contributed by atoms with Gasteiger partial charge < -0.3 is 4.98 Å². The van der Waals surface area contributed by atoms with Crippen LogP contribution in [0.4, 0.5) is 0 Å². The minimum atomic E-state index is 0.863. The lowest BCUT2D eigenvalue weighted by molar-refractivity contribution is -0.510. The molecule has 20 heavy (non-hydrogen) atoms. The Hall–Kier alpha value is -2.27. The Labute approximate surface area is 119 Å². The van der Waals surface area contributed by atoms with Crippen LogP contribution >= 0.6 is 11.8 Å². The van der Waals surface area contributed by atoms with Crippen LogP contribution in [0.25, 0.3) is 16.7 Å². The highest BCUT2D eigenvalue weighted by molar-refractivity contribution is 7.98. The number of H-pyrrole nitrogens is 2. The Kier molecular flexibility index (Phi) is 2.70. The van der Waals surface area contributed by atoms with Crippen LogP contribution < -0.4 is 4.40 Å². The van der Waals surface area contributed by atoms with E-state index >= 15 is 0 Å². The maximum absolute atomic E-state index is 4.57. The number of aromatic nitrogens is 4. The second-order valence-electron chi connectivity index (χ2n) is 4.62. The Bertz CT molecular complexity index is 737. The van der Waals surface area contributed by atoms with E-state index in [1.165, 1.54) is 5.69 Å². The molecule has 0 bridgehead atoms. The molecule has 5 heteroatoms. The third-order valence-electron chi connectivity index (χ3n) is 3.21. The molecule has 4 nitrogen and oxygen atoms in total. The van der Waals surface area contributed by atoms with Gasteiger partial charge >= 0.3 is 0 Å². The number of rotatable bonds is 3. The van der Waals surface area contributed by atoms with E-state index in [1.54, 1.807) is 11.8 Å². The molecule has 0 radical (unpaired) electrons. The van der Waals surface area contributed by atoms with Crippen LogP contribution in [0.1, 0.15) is 5.69 Å². The summed E-state index contributed by atoms with van der Waals surface area (Å²) in [6.07, 6.45) is 4.16. The highest BCUT2D eigenvalue weighted by Crippen LogP contribution is 2.22. The molecule has 98 valence electrons. The summed E-state index contributed by atoms with van der Waals surface area (Å²) in [5.74, 6) is 0.863. The molecule has 0 saturated carbocycles. The Morgan fingerprint density at radius 3 is 2.85 bits per heavy atom. The molecule has 0 spiro atoms. The number of benzene rings is 1. The number of hydrogen-bond acceptors (Lipinski definition) is 2. The second-order valence-corrected chi connectivity index (χ2v) is 5.58. The fourth-order valence-electron chi connectivity index (χ4n) is 2.26. The van der Waals surface area contributed by atoms with Gasteiger partial charge in [0.1, 0.15) is 6.20 Å². The number of fused-ring (bicyclic) bond motifs is 2. The summed E-state index contributed by atoms with van der Waals surface area (Å²) in [5, 5.41) is 0.954. The number of thioether (sulfide) groups is 1. The van der Waals surface area contributed by atoms with Crippen molar-refractivity contribution >= 4 is 28.4 Å². The van der Waals surface area contributed by atoms with Gasteiger partial charge in [-0.25, -0.2) is 14.4 Å². The van der Waals surface area contributed by atoms with Crippen LogP contribution in [0.2, 0.25) is 0 Å². The first kappa shape index (κ1) is 11.5. The first-order chi connectivity index (χ1) is 9.88. The molecule has 0 amide bonds. The molecule has 3 heterocycles. The summed E-state index contributed by atoms with van der Waals surface area (Å²) in [6.45, 7) is 0. The average Bonchev–Trinajstić information content (AvgIpc) is 3.07. The topological polar surface area (TPSA) is 48.6 Å². The molecular formula is C15H13N4S+. The lowest BCUT2D eigenvalue weighted by Gasteiger charge is -1.90. The van der Waals surface area contributed by atoms with Crippen molar-refractivity contribution < 1.29 is 4.40 Å². The summed E-state index contributed by atoms with van der Waals surface area (Å²) in [6, 6.07) is 14.2. The zero-order chi connectivity index (χ0) is 13.4. The van der Waals surface area contributed by atoms with E-state index in [9.17, 15) is 0 Å². The predicted octanol–water partition coefficient (Wildman–Crippen LogP) is 2.92. The van der Waals surface area contributed by atoms with Gasteiger partial charge in [-0.1, -0.05) is 30.0 Å². The lowest BCUT2D eigenvalue weighted by atomic mass is 10.3. The van der Waals surface area contributed by atoms with E-state index in [0.717, 1.165) is 27.6 Å². The zero-order valence-electron chi connectivity index (χ0n) is 10.7. The van der Waals surface area contributed by atoms with Gasteiger partial charge in [-0.15, -0.1) is 0 Å². The number of imidazole rings is 2. The van der Waals surface area contributed by atoms with Gasteiger partial charge in [0.25, 0.3) is 5.65 Å². The van der Waals surface area contributed by atoms with E-state index in [4.69, 9.17) is 0 Å². The van der Waals surface area contributed by atoms with Crippen molar-refractivity contribution in [2.24, 2.45) is 0 Å². The van der Waals surface area contributed by atoms with Crippen LogP contribution in [0.15, 0.2) is 60.0 Å². The molecule has 0 atom stereocenters. The highest BCUT2D eigenvalue weighted by Gasteiger charge is 2.09. The van der Waals surface area contributed by atoms with Gasteiger partial charge in [-0.05, 0) is 18.2 Å². The summed E-state index contributed by atoms with van der Waals surface area (Å²) in [5.41, 5.74) is 4.39. The number of hydrogen-bond donors (Lipinski definition) is 2. The van der Waals surface area contributed by atoms with E-state index < -0.39 is 0 Å². The second kappa shape index (κ2) is 4.68. The normalized spacial score (nSPS) is 11.4. The van der Waals surface area contributed by atoms with Crippen LogP contribution in [-0.2, 0) is 5.75 Å². The maximum atomic E-state index is 4.57. The molecule has 1 aromatic carbocycles. The van der Waals surface area contributed by atoms with E-state index in [-0.39, 0.29) is 0 Å². The summed E-state index contributed by atoms with van der Waals surface area (Å²) >= 11 is 1.70. The van der Waals surface area contributed by atoms with Crippen molar-refractivity contribution in [3.8, 4) is 0 Å². The van der Waals surface area contributed by atoms with Gasteiger partial charge in [-0.3, -0.25) is 0 Å². The molecule has 0 unspecified atom stereocenters. The Morgan fingerprint density at radius 1 is 1.05 bits per heavy atom. The van der Waals surface area contributed by atoms with Gasteiger partial charge in [-0.2, -0.15) is 0 Å². The number of nitrogens with one attached hydrogen (secondary N) is 2. The Balaban J connectivity index is 1.57. The van der Waals surface area contributed by atoms with Crippen LogP contribution in [0.5, 0.6) is 0 Å². The molecule has 4 aromatic rings. The first-order valence-electron chi connectivity index (χ1n) is 6.44. The van der Waals surface area contributed by atoms with E-state index in [0.29, 0.717) is 0 Å². The van der Waals surface area contributed by atoms with Gasteiger partial charge in [0.2, 0.25) is 0 Å². The largest absolute Gasteiger partial charge is 0.333 e. The predicted molar refractivity (Wildman–Crippen MR) is 79.6 cm³/mol. The van der Waals surface area contributed by atoms with Gasteiger partial charge in [0.15, 0.2) is 10.9 Å². The molecule has 3 aromatic heterocycles. The summed E-state index contributed by atoms with van der Waals surface area (Å²) in [4.78, 5) is 11.3. The van der Waals surface area contributed by atoms with Crippen molar-refractivity contribution in [3.63, 3.8) is 0 Å². The number of para-hydroxylation sites is 2. The third kappa shape index (κ3) is 2.06.